The molecule has 2 aromatic carbocycles. The van der Waals surface area contributed by atoms with Crippen LogP contribution in [0.1, 0.15) is 25.8 Å². The molecule has 1 unspecified atom stereocenters. The first-order chi connectivity index (χ1) is 14.5. The first-order valence-electron chi connectivity index (χ1n) is 10.1. The SMILES string of the molecule is CCNC(=NCc1cccc(NC(C)=O)c1)NC1CCN(c2c(F)cccc2F)C1. The number of carbonyl (C=O) groups is 1. The second kappa shape index (κ2) is 10.0. The van der Waals surface area contributed by atoms with Crippen molar-refractivity contribution in [3.8, 4) is 0 Å². The maximum Gasteiger partial charge on any atom is 0.221 e. The summed E-state index contributed by atoms with van der Waals surface area (Å²) < 4.78 is 28.1. The minimum Gasteiger partial charge on any atom is -0.365 e. The summed E-state index contributed by atoms with van der Waals surface area (Å²) in [6, 6.07) is 11.5. The third kappa shape index (κ3) is 5.68. The number of benzene rings is 2. The molecule has 3 rings (SSSR count). The number of anilines is 2. The van der Waals surface area contributed by atoms with E-state index in [-0.39, 0.29) is 17.6 Å². The highest BCUT2D eigenvalue weighted by Gasteiger charge is 2.27. The van der Waals surface area contributed by atoms with Crippen molar-refractivity contribution in [1.82, 2.24) is 10.6 Å². The third-order valence-corrected chi connectivity index (χ3v) is 4.79. The maximum atomic E-state index is 14.1. The number of amides is 1. The Morgan fingerprint density at radius 1 is 1.20 bits per heavy atom. The summed E-state index contributed by atoms with van der Waals surface area (Å²) >= 11 is 0. The number of nitrogens with one attached hydrogen (secondary N) is 3. The molecule has 30 heavy (non-hydrogen) atoms. The molecule has 6 nitrogen and oxygen atoms in total. The molecular formula is C22H27F2N5O. The number of aliphatic imine (C=N–C) groups is 1. The molecule has 1 amide bonds. The molecule has 1 fully saturated rings. The van der Waals surface area contributed by atoms with Gasteiger partial charge in [0.15, 0.2) is 5.96 Å². The fourth-order valence-corrected chi connectivity index (χ4v) is 3.51. The summed E-state index contributed by atoms with van der Waals surface area (Å²) in [5.41, 5.74) is 1.71. The van der Waals surface area contributed by atoms with Gasteiger partial charge in [-0.05, 0) is 43.2 Å². The maximum absolute atomic E-state index is 14.1. The van der Waals surface area contributed by atoms with Gasteiger partial charge >= 0.3 is 0 Å². The highest BCUT2D eigenvalue weighted by atomic mass is 19.1. The molecule has 0 radical (unpaired) electrons. The van der Waals surface area contributed by atoms with Crippen LogP contribution >= 0.6 is 0 Å². The summed E-state index contributed by atoms with van der Waals surface area (Å²) in [6.07, 6.45) is 0.746. The van der Waals surface area contributed by atoms with Crippen LogP contribution in [0.2, 0.25) is 0 Å². The molecule has 0 aliphatic carbocycles. The molecule has 160 valence electrons. The monoisotopic (exact) mass is 415 g/mol. The van der Waals surface area contributed by atoms with Gasteiger partial charge in [0.05, 0.1) is 6.54 Å². The molecule has 0 saturated carbocycles. The van der Waals surface area contributed by atoms with Gasteiger partial charge in [0.1, 0.15) is 17.3 Å². The minimum atomic E-state index is -0.546. The Bertz CT molecular complexity index is 898. The van der Waals surface area contributed by atoms with Gasteiger partial charge in [-0.3, -0.25) is 4.79 Å². The van der Waals surface area contributed by atoms with E-state index in [1.54, 1.807) is 4.90 Å². The van der Waals surface area contributed by atoms with E-state index in [1.807, 2.05) is 31.2 Å². The van der Waals surface area contributed by atoms with Crippen LogP contribution in [0.3, 0.4) is 0 Å². The Kier molecular flexibility index (Phi) is 7.21. The molecule has 1 saturated heterocycles. The number of rotatable bonds is 6. The summed E-state index contributed by atoms with van der Waals surface area (Å²) in [6.45, 7) is 5.62. The van der Waals surface area contributed by atoms with Crippen molar-refractivity contribution < 1.29 is 13.6 Å². The van der Waals surface area contributed by atoms with Crippen LogP contribution in [0.25, 0.3) is 0 Å². The average molecular weight is 415 g/mol. The fourth-order valence-electron chi connectivity index (χ4n) is 3.51. The molecule has 2 aromatic rings. The van der Waals surface area contributed by atoms with E-state index >= 15 is 0 Å². The molecule has 8 heteroatoms. The number of para-hydroxylation sites is 1. The molecular weight excluding hydrogens is 388 g/mol. The number of nitrogens with zero attached hydrogens (tertiary/aromatic N) is 2. The zero-order chi connectivity index (χ0) is 21.5. The van der Waals surface area contributed by atoms with E-state index in [1.165, 1.54) is 25.1 Å². The largest absolute Gasteiger partial charge is 0.365 e. The Morgan fingerprint density at radius 3 is 2.63 bits per heavy atom. The Balaban J connectivity index is 1.64. The first kappa shape index (κ1) is 21.5. The second-order valence-electron chi connectivity index (χ2n) is 7.22. The van der Waals surface area contributed by atoms with E-state index in [9.17, 15) is 13.6 Å². The second-order valence-corrected chi connectivity index (χ2v) is 7.22. The van der Waals surface area contributed by atoms with Gasteiger partial charge in [0, 0.05) is 38.3 Å². The van der Waals surface area contributed by atoms with E-state index in [0.717, 1.165) is 17.7 Å². The van der Waals surface area contributed by atoms with Gasteiger partial charge in [-0.25, -0.2) is 13.8 Å². The smallest absolute Gasteiger partial charge is 0.221 e. The van der Waals surface area contributed by atoms with Crippen LogP contribution in [0, 0.1) is 11.6 Å². The number of hydrogen-bond donors (Lipinski definition) is 3. The van der Waals surface area contributed by atoms with Crippen LogP contribution in [0.4, 0.5) is 20.2 Å². The van der Waals surface area contributed by atoms with Gasteiger partial charge in [0.25, 0.3) is 0 Å². The van der Waals surface area contributed by atoms with Crippen molar-refractivity contribution in [1.29, 1.82) is 0 Å². The van der Waals surface area contributed by atoms with E-state index in [0.29, 0.717) is 32.1 Å². The highest BCUT2D eigenvalue weighted by Crippen LogP contribution is 2.26. The lowest BCUT2D eigenvalue weighted by Crippen LogP contribution is -2.44. The van der Waals surface area contributed by atoms with E-state index in [2.05, 4.69) is 20.9 Å². The number of hydrogen-bond acceptors (Lipinski definition) is 3. The van der Waals surface area contributed by atoms with Crippen LogP contribution in [0.5, 0.6) is 0 Å². The predicted octanol–water partition coefficient (Wildman–Crippen LogP) is 3.26. The molecule has 1 aliphatic heterocycles. The summed E-state index contributed by atoms with van der Waals surface area (Å²) in [7, 11) is 0. The van der Waals surface area contributed by atoms with Gasteiger partial charge < -0.3 is 20.9 Å². The van der Waals surface area contributed by atoms with Crippen molar-refractivity contribution in [2.75, 3.05) is 29.9 Å². The summed E-state index contributed by atoms with van der Waals surface area (Å²) in [4.78, 5) is 17.6. The van der Waals surface area contributed by atoms with Crippen molar-refractivity contribution in [2.45, 2.75) is 32.9 Å². The standard InChI is InChI=1S/C22H27F2N5O/c1-3-25-22(26-13-16-6-4-7-17(12-16)27-15(2)30)28-18-10-11-29(14-18)21-19(23)8-5-9-20(21)24/h4-9,12,18H,3,10-11,13-14H2,1-2H3,(H,27,30)(H2,25,26,28). The van der Waals surface area contributed by atoms with Gasteiger partial charge in [-0.1, -0.05) is 18.2 Å². The van der Waals surface area contributed by atoms with Gasteiger partial charge in [0.2, 0.25) is 5.91 Å². The zero-order valence-corrected chi connectivity index (χ0v) is 17.2. The van der Waals surface area contributed by atoms with Crippen molar-refractivity contribution in [3.63, 3.8) is 0 Å². The van der Waals surface area contributed by atoms with Gasteiger partial charge in [-0.2, -0.15) is 0 Å². The molecule has 1 aliphatic rings. The first-order valence-corrected chi connectivity index (χ1v) is 10.1. The fraction of sp³-hybridized carbons (Fsp3) is 0.364. The number of carbonyl (C=O) groups excluding carboxylic acids is 1. The molecule has 1 heterocycles. The molecule has 1 atom stereocenters. The van der Waals surface area contributed by atoms with Crippen LogP contribution in [0.15, 0.2) is 47.5 Å². The lowest BCUT2D eigenvalue weighted by atomic mass is 10.2. The zero-order valence-electron chi connectivity index (χ0n) is 17.2. The van der Waals surface area contributed by atoms with Crippen molar-refractivity contribution >= 4 is 23.2 Å². The summed E-state index contributed by atoms with van der Waals surface area (Å²) in [5.74, 6) is -0.573. The van der Waals surface area contributed by atoms with E-state index < -0.39 is 11.6 Å². The molecule has 3 N–H and O–H groups in total. The third-order valence-electron chi connectivity index (χ3n) is 4.79. The Morgan fingerprint density at radius 2 is 1.93 bits per heavy atom. The lowest BCUT2D eigenvalue weighted by molar-refractivity contribution is -0.114. The molecule has 0 bridgehead atoms. The highest BCUT2D eigenvalue weighted by molar-refractivity contribution is 5.88. The quantitative estimate of drug-likeness (QED) is 0.500. The lowest BCUT2D eigenvalue weighted by Gasteiger charge is -2.21. The van der Waals surface area contributed by atoms with Crippen LogP contribution in [-0.2, 0) is 11.3 Å². The van der Waals surface area contributed by atoms with Crippen molar-refractivity contribution in [3.05, 3.63) is 59.7 Å². The van der Waals surface area contributed by atoms with Gasteiger partial charge in [-0.15, -0.1) is 0 Å². The topological polar surface area (TPSA) is 68.8 Å². The molecule has 0 aromatic heterocycles. The van der Waals surface area contributed by atoms with Crippen LogP contribution < -0.4 is 20.9 Å². The van der Waals surface area contributed by atoms with Crippen molar-refractivity contribution in [2.24, 2.45) is 4.99 Å². The Hall–Kier alpha value is -3.16. The summed E-state index contributed by atoms with van der Waals surface area (Å²) in [5, 5.41) is 9.32. The number of halogens is 2. The normalized spacial score (nSPS) is 16.5. The average Bonchev–Trinajstić information content (AvgIpc) is 3.14. The predicted molar refractivity (Wildman–Crippen MR) is 116 cm³/mol. The number of guanidine groups is 1. The van der Waals surface area contributed by atoms with Crippen LogP contribution in [-0.4, -0.2) is 37.5 Å². The molecule has 0 spiro atoms. The minimum absolute atomic E-state index is 0.0209. The Labute approximate surface area is 175 Å². The van der Waals surface area contributed by atoms with E-state index in [4.69, 9.17) is 0 Å².